The van der Waals surface area contributed by atoms with E-state index in [4.69, 9.17) is 0 Å². The Balaban J connectivity index is 1.41. The Hall–Kier alpha value is -2.47. The monoisotopic (exact) mass is 356 g/mol. The molecule has 4 rings (SSSR count). The van der Waals surface area contributed by atoms with Crippen molar-refractivity contribution >= 4 is 5.91 Å². The molecule has 0 bridgehead atoms. The molecule has 0 radical (unpaired) electrons. The van der Waals surface area contributed by atoms with Gasteiger partial charge in [0, 0.05) is 24.2 Å². The molecular formula is C20H21FN2O3. The van der Waals surface area contributed by atoms with E-state index in [1.165, 1.54) is 18.3 Å². The Kier molecular flexibility index (Phi) is 4.36. The molecular weight excluding hydrogens is 335 g/mol. The number of aliphatic hydroxyl groups is 1. The zero-order valence-electron chi connectivity index (χ0n) is 14.3. The van der Waals surface area contributed by atoms with Gasteiger partial charge in [-0.2, -0.15) is 4.39 Å². The van der Waals surface area contributed by atoms with Gasteiger partial charge in [0.2, 0.25) is 11.9 Å². The fourth-order valence-corrected chi connectivity index (χ4v) is 4.37. The van der Waals surface area contributed by atoms with Gasteiger partial charge < -0.3 is 15.1 Å². The van der Waals surface area contributed by atoms with Gasteiger partial charge in [-0.1, -0.05) is 18.2 Å². The van der Waals surface area contributed by atoms with Crippen LogP contribution >= 0.6 is 0 Å². The zero-order valence-corrected chi connectivity index (χ0v) is 14.3. The lowest BCUT2D eigenvalue weighted by molar-refractivity contribution is -0.132. The van der Waals surface area contributed by atoms with Gasteiger partial charge in [-0.3, -0.25) is 4.79 Å². The average Bonchev–Trinajstić information content (AvgIpc) is 3.16. The molecule has 2 N–H and O–H groups in total. The Morgan fingerprint density at radius 3 is 2.69 bits per heavy atom. The van der Waals surface area contributed by atoms with Crippen LogP contribution in [0.2, 0.25) is 0 Å². The molecule has 2 heterocycles. The Morgan fingerprint density at radius 1 is 1.23 bits per heavy atom. The van der Waals surface area contributed by atoms with Gasteiger partial charge in [-0.25, -0.2) is 4.98 Å². The normalized spacial score (nSPS) is 26.2. The number of hydrogen-bond donors (Lipinski definition) is 2. The summed E-state index contributed by atoms with van der Waals surface area (Å²) >= 11 is 0. The molecule has 2 aliphatic rings. The molecule has 2 fully saturated rings. The SMILES string of the molecule is O=C1[C@H]2C[C@@H](c3cccnc3F)C[C@H]2CN1CC(O)c1ccc(O)cc1. The molecule has 1 unspecified atom stereocenters. The number of hydrogen-bond acceptors (Lipinski definition) is 4. The third kappa shape index (κ3) is 3.05. The summed E-state index contributed by atoms with van der Waals surface area (Å²) in [6.45, 7) is 0.833. The van der Waals surface area contributed by atoms with Crippen molar-refractivity contribution in [2.24, 2.45) is 11.8 Å². The molecule has 1 saturated heterocycles. The second kappa shape index (κ2) is 6.68. The molecule has 136 valence electrons. The van der Waals surface area contributed by atoms with Gasteiger partial charge in [-0.05, 0) is 48.4 Å². The van der Waals surface area contributed by atoms with Crippen LogP contribution in [0.5, 0.6) is 5.75 Å². The smallest absolute Gasteiger partial charge is 0.226 e. The van der Waals surface area contributed by atoms with Crippen LogP contribution in [0, 0.1) is 17.8 Å². The van der Waals surface area contributed by atoms with Crippen LogP contribution in [0.15, 0.2) is 42.6 Å². The molecule has 1 aromatic heterocycles. The molecule has 1 aliphatic heterocycles. The predicted octanol–water partition coefficient (Wildman–Crippen LogP) is 2.61. The fraction of sp³-hybridized carbons (Fsp3) is 0.400. The van der Waals surface area contributed by atoms with E-state index in [1.54, 1.807) is 29.2 Å². The number of carbonyl (C=O) groups is 1. The summed E-state index contributed by atoms with van der Waals surface area (Å²) in [7, 11) is 0. The van der Waals surface area contributed by atoms with Gasteiger partial charge in [0.25, 0.3) is 0 Å². The van der Waals surface area contributed by atoms with Crippen molar-refractivity contribution in [3.8, 4) is 5.75 Å². The molecule has 2 aromatic rings. The molecule has 1 amide bonds. The van der Waals surface area contributed by atoms with E-state index in [0.717, 1.165) is 6.42 Å². The van der Waals surface area contributed by atoms with Crippen molar-refractivity contribution in [1.29, 1.82) is 0 Å². The van der Waals surface area contributed by atoms with Crippen LogP contribution in [0.25, 0.3) is 0 Å². The highest BCUT2D eigenvalue weighted by molar-refractivity contribution is 5.82. The summed E-state index contributed by atoms with van der Waals surface area (Å²) < 4.78 is 13.9. The lowest BCUT2D eigenvalue weighted by Gasteiger charge is -2.23. The number of rotatable bonds is 4. The quantitative estimate of drug-likeness (QED) is 0.826. The molecule has 6 heteroatoms. The summed E-state index contributed by atoms with van der Waals surface area (Å²) in [5.74, 6) is -0.136. The van der Waals surface area contributed by atoms with E-state index in [0.29, 0.717) is 24.1 Å². The fourth-order valence-electron chi connectivity index (χ4n) is 4.37. The third-order valence-corrected chi connectivity index (χ3v) is 5.68. The maximum absolute atomic E-state index is 13.9. The number of pyridine rings is 1. The lowest BCUT2D eigenvalue weighted by atomic mass is 9.97. The number of fused-ring (bicyclic) bond motifs is 1. The molecule has 5 nitrogen and oxygen atoms in total. The number of aromatic hydroxyl groups is 1. The van der Waals surface area contributed by atoms with Gasteiger partial charge in [0.1, 0.15) is 5.75 Å². The summed E-state index contributed by atoms with van der Waals surface area (Å²) in [5.41, 5.74) is 1.27. The predicted molar refractivity (Wildman–Crippen MR) is 92.8 cm³/mol. The molecule has 0 spiro atoms. The number of phenols is 1. The van der Waals surface area contributed by atoms with E-state index >= 15 is 0 Å². The van der Waals surface area contributed by atoms with Gasteiger partial charge in [0.05, 0.1) is 12.6 Å². The van der Waals surface area contributed by atoms with E-state index in [2.05, 4.69) is 4.98 Å². The van der Waals surface area contributed by atoms with Crippen molar-refractivity contribution < 1.29 is 19.4 Å². The van der Waals surface area contributed by atoms with Crippen molar-refractivity contribution in [1.82, 2.24) is 9.88 Å². The minimum Gasteiger partial charge on any atom is -0.508 e. The van der Waals surface area contributed by atoms with E-state index in [9.17, 15) is 19.4 Å². The second-order valence-electron chi connectivity index (χ2n) is 7.27. The number of aliphatic hydroxyl groups excluding tert-OH is 1. The first-order valence-electron chi connectivity index (χ1n) is 8.89. The van der Waals surface area contributed by atoms with Crippen LogP contribution in [-0.4, -0.2) is 39.1 Å². The molecule has 26 heavy (non-hydrogen) atoms. The standard InChI is InChI=1S/C20H21FN2O3/c21-19-16(2-1-7-22-19)13-8-14-10-23(20(26)17(14)9-13)11-18(25)12-3-5-15(24)6-4-12/h1-7,13-14,17-18,24-25H,8-11H2/t13-,14-,17-,18?/m0/s1. The number of phenolic OH excluding ortho intramolecular Hbond substituents is 1. The number of carbonyl (C=O) groups excluding carboxylic acids is 1. The highest BCUT2D eigenvalue weighted by atomic mass is 19.1. The Morgan fingerprint density at radius 2 is 2.00 bits per heavy atom. The number of amides is 1. The minimum atomic E-state index is -0.787. The summed E-state index contributed by atoms with van der Waals surface area (Å²) in [4.78, 5) is 18.2. The first kappa shape index (κ1) is 17.0. The van der Waals surface area contributed by atoms with Crippen molar-refractivity contribution in [2.45, 2.75) is 24.9 Å². The van der Waals surface area contributed by atoms with Gasteiger partial charge in [0.15, 0.2) is 0 Å². The summed E-state index contributed by atoms with van der Waals surface area (Å²) in [6.07, 6.45) is 2.06. The van der Waals surface area contributed by atoms with Crippen LogP contribution in [0.1, 0.15) is 36.0 Å². The second-order valence-corrected chi connectivity index (χ2v) is 7.27. The van der Waals surface area contributed by atoms with E-state index < -0.39 is 12.1 Å². The topological polar surface area (TPSA) is 73.7 Å². The van der Waals surface area contributed by atoms with Gasteiger partial charge >= 0.3 is 0 Å². The highest BCUT2D eigenvalue weighted by Crippen LogP contribution is 2.47. The van der Waals surface area contributed by atoms with Gasteiger partial charge in [-0.15, -0.1) is 0 Å². The largest absolute Gasteiger partial charge is 0.508 e. The van der Waals surface area contributed by atoms with Crippen molar-refractivity contribution in [3.63, 3.8) is 0 Å². The average molecular weight is 356 g/mol. The molecule has 1 saturated carbocycles. The van der Waals surface area contributed by atoms with Crippen molar-refractivity contribution in [2.75, 3.05) is 13.1 Å². The summed E-state index contributed by atoms with van der Waals surface area (Å²) in [6, 6.07) is 9.84. The highest BCUT2D eigenvalue weighted by Gasteiger charge is 2.47. The summed E-state index contributed by atoms with van der Waals surface area (Å²) in [5, 5.41) is 19.7. The van der Waals surface area contributed by atoms with Crippen LogP contribution in [-0.2, 0) is 4.79 Å². The number of halogens is 1. The maximum atomic E-state index is 13.9. The first-order chi connectivity index (χ1) is 12.5. The van der Waals surface area contributed by atoms with Crippen LogP contribution in [0.3, 0.4) is 0 Å². The third-order valence-electron chi connectivity index (χ3n) is 5.68. The van der Waals surface area contributed by atoms with Crippen LogP contribution < -0.4 is 0 Å². The Bertz CT molecular complexity index is 811. The molecule has 4 atom stereocenters. The first-order valence-corrected chi connectivity index (χ1v) is 8.89. The van der Waals surface area contributed by atoms with Crippen LogP contribution in [0.4, 0.5) is 4.39 Å². The number of aromatic nitrogens is 1. The minimum absolute atomic E-state index is 0.0341. The number of benzene rings is 1. The molecule has 1 aromatic carbocycles. The number of nitrogens with zero attached hydrogens (tertiary/aromatic N) is 2. The number of likely N-dealkylation sites (tertiary alicyclic amines) is 1. The molecule has 1 aliphatic carbocycles. The Labute approximate surface area is 151 Å². The van der Waals surface area contributed by atoms with E-state index in [-0.39, 0.29) is 36.0 Å². The van der Waals surface area contributed by atoms with Crippen molar-refractivity contribution in [3.05, 3.63) is 59.7 Å². The van der Waals surface area contributed by atoms with E-state index in [1.807, 2.05) is 0 Å². The zero-order chi connectivity index (χ0) is 18.3. The maximum Gasteiger partial charge on any atom is 0.226 e. The lowest BCUT2D eigenvalue weighted by Crippen LogP contribution is -2.32. The number of β-amino-alcohol motifs (C(OH)–C–C–N with tert-alkyl or cyclic N) is 1.